The van der Waals surface area contributed by atoms with Gasteiger partial charge in [-0.25, -0.2) is 0 Å². The minimum atomic E-state index is 0.728. The maximum Gasteiger partial charge on any atom is 0.0191 e. The normalized spacial score (nSPS) is 36.4. The maximum atomic E-state index is 3.79. The Morgan fingerprint density at radius 2 is 2.19 bits per heavy atom. The minimum absolute atomic E-state index is 0.728. The Morgan fingerprint density at radius 1 is 1.38 bits per heavy atom. The van der Waals surface area contributed by atoms with Gasteiger partial charge in [0.2, 0.25) is 0 Å². The molecule has 0 aromatic rings. The summed E-state index contributed by atoms with van der Waals surface area (Å²) in [7, 11) is 0. The van der Waals surface area contributed by atoms with Crippen LogP contribution in [0.3, 0.4) is 0 Å². The van der Waals surface area contributed by atoms with Crippen LogP contribution in [0.2, 0.25) is 0 Å². The fourth-order valence-electron chi connectivity index (χ4n) is 2.82. The van der Waals surface area contributed by atoms with Gasteiger partial charge in [0.25, 0.3) is 0 Å². The first-order valence-electron chi connectivity index (χ1n) is 6.76. The zero-order chi connectivity index (χ0) is 11.5. The van der Waals surface area contributed by atoms with E-state index in [1.165, 1.54) is 38.2 Å². The lowest BCUT2D eigenvalue weighted by molar-refractivity contribution is 0.262. The summed E-state index contributed by atoms with van der Waals surface area (Å²) in [5.41, 5.74) is 0. The summed E-state index contributed by atoms with van der Waals surface area (Å²) >= 11 is 2.12. The molecule has 3 atom stereocenters. The number of nitrogens with zero attached hydrogens (tertiary/aromatic N) is 1. The van der Waals surface area contributed by atoms with E-state index < -0.39 is 0 Å². The van der Waals surface area contributed by atoms with Crippen molar-refractivity contribution in [1.29, 1.82) is 0 Å². The molecule has 0 aliphatic carbocycles. The number of nitrogens with one attached hydrogen (secondary N) is 1. The Kier molecular flexibility index (Phi) is 4.57. The number of hydrogen-bond acceptors (Lipinski definition) is 3. The Balaban J connectivity index is 1.67. The van der Waals surface area contributed by atoms with Crippen LogP contribution >= 0.6 is 11.8 Å². The zero-order valence-electron chi connectivity index (χ0n) is 10.9. The van der Waals surface area contributed by atoms with Gasteiger partial charge >= 0.3 is 0 Å². The molecule has 0 spiro atoms. The lowest BCUT2D eigenvalue weighted by Gasteiger charge is -2.22. The quantitative estimate of drug-likeness (QED) is 0.813. The molecule has 0 amide bonds. The highest BCUT2D eigenvalue weighted by Gasteiger charge is 2.27. The van der Waals surface area contributed by atoms with Crippen LogP contribution in [0.1, 0.15) is 33.6 Å². The molecule has 2 nitrogen and oxygen atoms in total. The van der Waals surface area contributed by atoms with Crippen LogP contribution in [0.25, 0.3) is 0 Å². The van der Waals surface area contributed by atoms with Crippen LogP contribution in [0.15, 0.2) is 0 Å². The molecule has 0 aromatic carbocycles. The van der Waals surface area contributed by atoms with E-state index in [1.807, 2.05) is 0 Å². The lowest BCUT2D eigenvalue weighted by Crippen LogP contribution is -2.38. The Bertz CT molecular complexity index is 220. The molecule has 1 N–H and O–H groups in total. The van der Waals surface area contributed by atoms with Crippen molar-refractivity contribution in [2.24, 2.45) is 5.92 Å². The summed E-state index contributed by atoms with van der Waals surface area (Å²) in [6.45, 7) is 10.8. The highest BCUT2D eigenvalue weighted by molar-refractivity contribution is 8.00. The second kappa shape index (κ2) is 5.74. The van der Waals surface area contributed by atoms with Gasteiger partial charge in [0.1, 0.15) is 0 Å². The minimum Gasteiger partial charge on any atom is -0.313 e. The third-order valence-electron chi connectivity index (χ3n) is 4.09. The van der Waals surface area contributed by atoms with E-state index in [0.717, 1.165) is 23.3 Å². The molecule has 2 fully saturated rings. The number of rotatable bonds is 4. The molecule has 2 aliphatic rings. The smallest absolute Gasteiger partial charge is 0.0191 e. The fourth-order valence-corrected chi connectivity index (χ4v) is 4.04. The summed E-state index contributed by atoms with van der Waals surface area (Å²) < 4.78 is 0. The van der Waals surface area contributed by atoms with Crippen molar-refractivity contribution in [2.45, 2.75) is 50.9 Å². The van der Waals surface area contributed by atoms with Gasteiger partial charge in [0.15, 0.2) is 0 Å². The van der Waals surface area contributed by atoms with Gasteiger partial charge in [-0.1, -0.05) is 6.92 Å². The first-order valence-corrected chi connectivity index (χ1v) is 7.80. The van der Waals surface area contributed by atoms with Crippen LogP contribution in [0.4, 0.5) is 0 Å². The lowest BCUT2D eigenvalue weighted by atomic mass is 10.1. The van der Waals surface area contributed by atoms with E-state index >= 15 is 0 Å². The fraction of sp³-hybridized carbons (Fsp3) is 1.00. The number of hydrogen-bond donors (Lipinski definition) is 1. The van der Waals surface area contributed by atoms with Gasteiger partial charge in [-0.05, 0) is 51.4 Å². The van der Waals surface area contributed by atoms with Crippen molar-refractivity contribution < 1.29 is 0 Å². The highest BCUT2D eigenvalue weighted by Crippen LogP contribution is 2.26. The van der Waals surface area contributed by atoms with Crippen LogP contribution in [-0.2, 0) is 0 Å². The van der Waals surface area contributed by atoms with Gasteiger partial charge in [-0.2, -0.15) is 11.8 Å². The topological polar surface area (TPSA) is 15.3 Å². The van der Waals surface area contributed by atoms with Gasteiger partial charge in [0.05, 0.1) is 0 Å². The van der Waals surface area contributed by atoms with E-state index in [4.69, 9.17) is 0 Å². The molecule has 3 unspecified atom stereocenters. The average Bonchev–Trinajstić information content (AvgIpc) is 2.83. The zero-order valence-corrected chi connectivity index (χ0v) is 11.7. The van der Waals surface area contributed by atoms with Gasteiger partial charge < -0.3 is 10.2 Å². The summed E-state index contributed by atoms with van der Waals surface area (Å²) in [5, 5.41) is 4.61. The average molecular weight is 242 g/mol. The largest absolute Gasteiger partial charge is 0.313 e. The summed E-state index contributed by atoms with van der Waals surface area (Å²) in [4.78, 5) is 2.61. The Morgan fingerprint density at radius 3 is 2.75 bits per heavy atom. The van der Waals surface area contributed by atoms with E-state index in [9.17, 15) is 0 Å². The van der Waals surface area contributed by atoms with E-state index in [-0.39, 0.29) is 0 Å². The number of thioether (sulfide) groups is 1. The summed E-state index contributed by atoms with van der Waals surface area (Å²) in [6.07, 6.45) is 2.76. The first kappa shape index (κ1) is 12.7. The predicted octanol–water partition coefficient (Wildman–Crippen LogP) is 2.20. The molecular weight excluding hydrogens is 216 g/mol. The monoisotopic (exact) mass is 242 g/mol. The molecule has 16 heavy (non-hydrogen) atoms. The van der Waals surface area contributed by atoms with Crippen molar-refractivity contribution in [2.75, 3.05) is 25.4 Å². The van der Waals surface area contributed by atoms with Crippen molar-refractivity contribution in [3.05, 3.63) is 0 Å². The third-order valence-corrected chi connectivity index (χ3v) is 5.42. The van der Waals surface area contributed by atoms with E-state index in [2.05, 4.69) is 42.7 Å². The highest BCUT2D eigenvalue weighted by atomic mass is 32.2. The predicted molar refractivity (Wildman–Crippen MR) is 73.1 cm³/mol. The molecule has 0 aromatic heterocycles. The Hall–Kier alpha value is 0.270. The van der Waals surface area contributed by atoms with Crippen LogP contribution < -0.4 is 5.32 Å². The summed E-state index contributed by atoms with van der Waals surface area (Å²) in [5.74, 6) is 2.24. The van der Waals surface area contributed by atoms with Crippen molar-refractivity contribution in [3.63, 3.8) is 0 Å². The van der Waals surface area contributed by atoms with Gasteiger partial charge in [0, 0.05) is 23.9 Å². The molecular formula is C13H26N2S. The standard InChI is InChI=1S/C13H26N2S/c1-10(2)15-6-4-12(9-15)8-14-13-5-7-16-11(13)3/h10-14H,4-9H2,1-3H3. The second-order valence-electron chi connectivity index (χ2n) is 5.62. The Labute approximate surface area is 105 Å². The molecule has 0 saturated carbocycles. The van der Waals surface area contributed by atoms with E-state index in [0.29, 0.717) is 0 Å². The molecule has 2 heterocycles. The number of likely N-dealkylation sites (tertiary alicyclic amines) is 1. The molecule has 2 rings (SSSR count). The maximum absolute atomic E-state index is 3.79. The third kappa shape index (κ3) is 3.14. The van der Waals surface area contributed by atoms with E-state index in [1.54, 1.807) is 0 Å². The van der Waals surface area contributed by atoms with Crippen molar-refractivity contribution in [1.82, 2.24) is 10.2 Å². The molecule has 94 valence electrons. The van der Waals surface area contributed by atoms with Gasteiger partial charge in [-0.3, -0.25) is 0 Å². The summed E-state index contributed by atoms with van der Waals surface area (Å²) in [6, 6.07) is 1.50. The molecule has 3 heteroatoms. The SMILES string of the molecule is CC1SCCC1NCC1CCN(C(C)C)C1. The van der Waals surface area contributed by atoms with Gasteiger partial charge in [-0.15, -0.1) is 0 Å². The molecule has 0 radical (unpaired) electrons. The van der Waals surface area contributed by atoms with Crippen LogP contribution in [0.5, 0.6) is 0 Å². The molecule has 0 bridgehead atoms. The van der Waals surface area contributed by atoms with Crippen LogP contribution in [0, 0.1) is 5.92 Å². The first-order chi connectivity index (χ1) is 7.66. The van der Waals surface area contributed by atoms with Crippen molar-refractivity contribution >= 4 is 11.8 Å². The molecule has 2 saturated heterocycles. The van der Waals surface area contributed by atoms with Crippen LogP contribution in [-0.4, -0.2) is 47.6 Å². The second-order valence-corrected chi connectivity index (χ2v) is 7.11. The van der Waals surface area contributed by atoms with Crippen molar-refractivity contribution in [3.8, 4) is 0 Å². The molecule has 2 aliphatic heterocycles.